The SMILES string of the molecule is CC(=O)N(C)[C@H]1CCN(C(=O)c2cnc3c(c2)CC(C)(c2ccccc2)N3)C1. The van der Waals surface area contributed by atoms with Crippen molar-refractivity contribution < 1.29 is 9.59 Å². The van der Waals surface area contributed by atoms with Crippen LogP contribution in [0.4, 0.5) is 5.82 Å². The van der Waals surface area contributed by atoms with Crippen LogP contribution in [0.3, 0.4) is 0 Å². The molecule has 6 heteroatoms. The molecule has 1 N–H and O–H groups in total. The lowest BCUT2D eigenvalue weighted by Gasteiger charge is -2.25. The van der Waals surface area contributed by atoms with Gasteiger partial charge < -0.3 is 15.1 Å². The van der Waals surface area contributed by atoms with Gasteiger partial charge in [-0.05, 0) is 30.5 Å². The van der Waals surface area contributed by atoms with E-state index in [4.69, 9.17) is 0 Å². The summed E-state index contributed by atoms with van der Waals surface area (Å²) in [6.45, 7) is 4.96. The predicted octanol–water partition coefficient (Wildman–Crippen LogP) is 2.66. The smallest absolute Gasteiger partial charge is 0.255 e. The van der Waals surface area contributed by atoms with Gasteiger partial charge in [0.05, 0.1) is 17.1 Å². The van der Waals surface area contributed by atoms with E-state index in [0.717, 1.165) is 24.2 Å². The first-order valence-electron chi connectivity index (χ1n) is 9.73. The summed E-state index contributed by atoms with van der Waals surface area (Å²) in [6.07, 6.45) is 3.26. The molecule has 2 aliphatic rings. The molecular formula is C22H26N4O2. The van der Waals surface area contributed by atoms with Crippen LogP contribution in [-0.2, 0) is 16.8 Å². The van der Waals surface area contributed by atoms with Gasteiger partial charge in [0.2, 0.25) is 5.91 Å². The van der Waals surface area contributed by atoms with Crippen LogP contribution in [0.25, 0.3) is 0 Å². The van der Waals surface area contributed by atoms with E-state index in [1.807, 2.05) is 29.2 Å². The quantitative estimate of drug-likeness (QED) is 0.892. The summed E-state index contributed by atoms with van der Waals surface area (Å²) in [7, 11) is 1.80. The molecule has 1 aromatic heterocycles. The number of rotatable bonds is 3. The molecule has 3 heterocycles. The Morgan fingerprint density at radius 1 is 1.29 bits per heavy atom. The molecule has 2 amide bonds. The number of pyridine rings is 1. The molecule has 28 heavy (non-hydrogen) atoms. The van der Waals surface area contributed by atoms with Crippen LogP contribution >= 0.6 is 0 Å². The highest BCUT2D eigenvalue weighted by Crippen LogP contribution is 2.38. The van der Waals surface area contributed by atoms with Gasteiger partial charge in [0, 0.05) is 39.7 Å². The monoisotopic (exact) mass is 378 g/mol. The maximum Gasteiger partial charge on any atom is 0.255 e. The second kappa shape index (κ2) is 6.93. The maximum atomic E-state index is 13.0. The van der Waals surface area contributed by atoms with Gasteiger partial charge in [0.25, 0.3) is 5.91 Å². The average Bonchev–Trinajstić information content (AvgIpc) is 3.31. The van der Waals surface area contributed by atoms with E-state index in [-0.39, 0.29) is 23.4 Å². The fraction of sp³-hybridized carbons (Fsp3) is 0.409. The Morgan fingerprint density at radius 2 is 2.04 bits per heavy atom. The molecule has 1 unspecified atom stereocenters. The molecule has 0 aliphatic carbocycles. The lowest BCUT2D eigenvalue weighted by Crippen LogP contribution is -2.38. The van der Waals surface area contributed by atoms with Gasteiger partial charge in [0.15, 0.2) is 0 Å². The molecule has 2 aliphatic heterocycles. The van der Waals surface area contributed by atoms with Crippen LogP contribution in [0, 0.1) is 0 Å². The molecule has 2 atom stereocenters. The summed E-state index contributed by atoms with van der Waals surface area (Å²) in [4.78, 5) is 32.7. The standard InChI is InChI=1S/C22H26N4O2/c1-15(27)25(3)19-9-10-26(14-19)21(28)17-11-16-12-22(2,24-20(16)23-13-17)18-7-5-4-6-8-18/h4-8,11,13,19H,9-10,12,14H2,1-3H3,(H,23,24)/t19-,22?/m0/s1. The van der Waals surface area contributed by atoms with E-state index in [0.29, 0.717) is 18.7 Å². The maximum absolute atomic E-state index is 13.0. The van der Waals surface area contributed by atoms with Crippen LogP contribution in [0.1, 0.15) is 41.8 Å². The summed E-state index contributed by atoms with van der Waals surface area (Å²) in [5, 5.41) is 3.52. The molecule has 6 nitrogen and oxygen atoms in total. The Morgan fingerprint density at radius 3 is 2.75 bits per heavy atom. The number of benzene rings is 1. The van der Waals surface area contributed by atoms with E-state index in [1.54, 1.807) is 25.1 Å². The molecule has 1 aromatic carbocycles. The minimum Gasteiger partial charge on any atom is -0.360 e. The molecule has 1 fully saturated rings. The van der Waals surface area contributed by atoms with Crippen molar-refractivity contribution >= 4 is 17.6 Å². The number of likely N-dealkylation sites (tertiary alicyclic amines) is 1. The molecular weight excluding hydrogens is 352 g/mol. The first-order chi connectivity index (χ1) is 13.4. The van der Waals surface area contributed by atoms with Gasteiger partial charge >= 0.3 is 0 Å². The van der Waals surface area contributed by atoms with Gasteiger partial charge in [-0.3, -0.25) is 9.59 Å². The average molecular weight is 378 g/mol. The fourth-order valence-corrected chi connectivity index (χ4v) is 4.22. The van der Waals surface area contributed by atoms with Crippen LogP contribution in [0.15, 0.2) is 42.6 Å². The molecule has 0 radical (unpaired) electrons. The van der Waals surface area contributed by atoms with E-state index in [1.165, 1.54) is 5.56 Å². The van der Waals surface area contributed by atoms with E-state index in [2.05, 4.69) is 29.4 Å². The van der Waals surface area contributed by atoms with Gasteiger partial charge in [-0.25, -0.2) is 4.98 Å². The number of aromatic nitrogens is 1. The van der Waals surface area contributed by atoms with Gasteiger partial charge in [-0.1, -0.05) is 30.3 Å². The first-order valence-corrected chi connectivity index (χ1v) is 9.73. The zero-order chi connectivity index (χ0) is 19.9. The molecule has 2 aromatic rings. The number of carbonyl (C=O) groups excluding carboxylic acids is 2. The number of hydrogen-bond donors (Lipinski definition) is 1. The number of hydrogen-bond acceptors (Lipinski definition) is 4. The number of carbonyl (C=O) groups is 2. The molecule has 0 spiro atoms. The summed E-state index contributed by atoms with van der Waals surface area (Å²) >= 11 is 0. The summed E-state index contributed by atoms with van der Waals surface area (Å²) < 4.78 is 0. The number of nitrogens with one attached hydrogen (secondary N) is 1. The Bertz CT molecular complexity index is 914. The van der Waals surface area contributed by atoms with Crippen molar-refractivity contribution in [3.63, 3.8) is 0 Å². The highest BCUT2D eigenvalue weighted by molar-refractivity contribution is 5.95. The van der Waals surface area contributed by atoms with Crippen LogP contribution in [-0.4, -0.2) is 52.8 Å². The third-order valence-electron chi connectivity index (χ3n) is 6.06. The number of anilines is 1. The molecule has 146 valence electrons. The third-order valence-corrected chi connectivity index (χ3v) is 6.06. The molecule has 0 saturated carbocycles. The zero-order valence-electron chi connectivity index (χ0n) is 16.6. The summed E-state index contributed by atoms with van der Waals surface area (Å²) in [6, 6.07) is 12.4. The van der Waals surface area contributed by atoms with Crippen LogP contribution in [0.5, 0.6) is 0 Å². The van der Waals surface area contributed by atoms with Gasteiger partial charge in [-0.15, -0.1) is 0 Å². The second-order valence-corrected chi connectivity index (χ2v) is 8.06. The number of amides is 2. The Balaban J connectivity index is 1.50. The van der Waals surface area contributed by atoms with Crippen molar-refractivity contribution in [3.05, 3.63) is 59.3 Å². The molecule has 4 rings (SSSR count). The Labute approximate surface area is 165 Å². The topological polar surface area (TPSA) is 65.5 Å². The van der Waals surface area contributed by atoms with Crippen molar-refractivity contribution in [1.82, 2.24) is 14.8 Å². The fourth-order valence-electron chi connectivity index (χ4n) is 4.22. The first kappa shape index (κ1) is 18.5. The van der Waals surface area contributed by atoms with Crippen molar-refractivity contribution in [3.8, 4) is 0 Å². The van der Waals surface area contributed by atoms with Crippen LogP contribution < -0.4 is 5.32 Å². The second-order valence-electron chi connectivity index (χ2n) is 8.06. The lowest BCUT2D eigenvalue weighted by molar-refractivity contribution is -0.129. The summed E-state index contributed by atoms with van der Waals surface area (Å²) in [5.41, 5.74) is 2.66. The van der Waals surface area contributed by atoms with Crippen molar-refractivity contribution in [2.45, 2.75) is 38.3 Å². The van der Waals surface area contributed by atoms with Crippen molar-refractivity contribution in [1.29, 1.82) is 0 Å². The number of likely N-dealkylation sites (N-methyl/N-ethyl adjacent to an activating group) is 1. The van der Waals surface area contributed by atoms with Gasteiger partial charge in [0.1, 0.15) is 5.82 Å². The normalized spacial score (nSPS) is 23.2. The number of nitrogens with zero attached hydrogens (tertiary/aromatic N) is 3. The minimum atomic E-state index is -0.221. The summed E-state index contributed by atoms with van der Waals surface area (Å²) in [5.74, 6) is 0.867. The van der Waals surface area contributed by atoms with Crippen LogP contribution in [0.2, 0.25) is 0 Å². The largest absolute Gasteiger partial charge is 0.360 e. The highest BCUT2D eigenvalue weighted by Gasteiger charge is 2.36. The minimum absolute atomic E-state index is 0.0110. The van der Waals surface area contributed by atoms with E-state index < -0.39 is 0 Å². The number of fused-ring (bicyclic) bond motifs is 1. The zero-order valence-corrected chi connectivity index (χ0v) is 16.6. The van der Waals surface area contributed by atoms with Gasteiger partial charge in [-0.2, -0.15) is 0 Å². The Hall–Kier alpha value is -2.89. The molecule has 1 saturated heterocycles. The predicted molar refractivity (Wildman–Crippen MR) is 108 cm³/mol. The van der Waals surface area contributed by atoms with Crippen molar-refractivity contribution in [2.75, 3.05) is 25.5 Å². The lowest BCUT2D eigenvalue weighted by atomic mass is 9.89. The highest BCUT2D eigenvalue weighted by atomic mass is 16.2. The Kier molecular flexibility index (Phi) is 4.57. The van der Waals surface area contributed by atoms with Crippen molar-refractivity contribution in [2.24, 2.45) is 0 Å². The third kappa shape index (κ3) is 3.23. The van der Waals surface area contributed by atoms with E-state index in [9.17, 15) is 9.59 Å². The van der Waals surface area contributed by atoms with E-state index >= 15 is 0 Å². The molecule has 0 bridgehead atoms.